The van der Waals surface area contributed by atoms with Gasteiger partial charge >= 0.3 is 6.18 Å². The lowest BCUT2D eigenvalue weighted by Crippen LogP contribution is -2.13. The van der Waals surface area contributed by atoms with E-state index >= 15 is 0 Å². The van der Waals surface area contributed by atoms with E-state index in [-0.39, 0.29) is 21.2 Å². The average Bonchev–Trinajstić information content (AvgIpc) is 2.12. The fraction of sp³-hybridized carbons (Fsp3) is 0.333. The van der Waals surface area contributed by atoms with Crippen LogP contribution in [0.2, 0.25) is 0 Å². The van der Waals surface area contributed by atoms with Crippen molar-refractivity contribution in [2.45, 2.75) is 19.5 Å². The Balaban J connectivity index is 3.53. The fourth-order valence-corrected chi connectivity index (χ4v) is 1.76. The first-order valence-electron chi connectivity index (χ1n) is 4.12. The Morgan fingerprint density at radius 2 is 1.93 bits per heavy atom. The molecule has 0 aliphatic rings. The number of halogens is 5. The van der Waals surface area contributed by atoms with Crippen molar-refractivity contribution in [3.05, 3.63) is 26.6 Å². The van der Waals surface area contributed by atoms with Gasteiger partial charge in [0.25, 0.3) is 0 Å². The van der Waals surface area contributed by atoms with Crippen LogP contribution in [0.1, 0.15) is 18.1 Å². The number of hydrogen-bond acceptors (Lipinski definition) is 1. The molecule has 15 heavy (non-hydrogen) atoms. The van der Waals surface area contributed by atoms with Crippen LogP contribution in [0.15, 0.2) is 6.07 Å². The van der Waals surface area contributed by atoms with Crippen LogP contribution in [0.4, 0.5) is 23.2 Å². The third-order valence-corrected chi connectivity index (χ3v) is 3.09. The minimum absolute atomic E-state index is 0.0169. The number of anilines is 1. The van der Waals surface area contributed by atoms with Crippen molar-refractivity contribution < 1.29 is 17.6 Å². The molecule has 0 bridgehead atoms. The number of nitrogen functional groups attached to an aromatic ring is 1. The third kappa shape index (κ3) is 2.35. The predicted octanol–water partition coefficient (Wildman–Crippen LogP) is 3.59. The molecule has 0 aromatic heterocycles. The van der Waals surface area contributed by atoms with Crippen LogP contribution in [0.5, 0.6) is 0 Å². The van der Waals surface area contributed by atoms with Gasteiger partial charge in [-0.3, -0.25) is 0 Å². The summed E-state index contributed by atoms with van der Waals surface area (Å²) in [5.41, 5.74) is 3.79. The zero-order chi connectivity index (χ0) is 11.8. The molecule has 0 unspecified atom stereocenters. The van der Waals surface area contributed by atoms with Crippen molar-refractivity contribution in [3.8, 4) is 0 Å². The molecule has 0 heterocycles. The number of alkyl halides is 3. The first-order chi connectivity index (χ1) is 6.79. The molecule has 0 saturated heterocycles. The highest BCUT2D eigenvalue weighted by molar-refractivity contribution is 14.1. The van der Waals surface area contributed by atoms with Crippen LogP contribution in [0.3, 0.4) is 0 Å². The fourth-order valence-electron chi connectivity index (χ4n) is 1.28. The summed E-state index contributed by atoms with van der Waals surface area (Å²) in [6, 6.07) is 0.781. The lowest BCUT2D eigenvalue weighted by atomic mass is 10.0. The van der Waals surface area contributed by atoms with Gasteiger partial charge in [0.2, 0.25) is 0 Å². The van der Waals surface area contributed by atoms with Gasteiger partial charge in [0.15, 0.2) is 0 Å². The van der Waals surface area contributed by atoms with E-state index in [4.69, 9.17) is 5.73 Å². The summed E-state index contributed by atoms with van der Waals surface area (Å²) in [6.07, 6.45) is -4.58. The number of benzene rings is 1. The summed E-state index contributed by atoms with van der Waals surface area (Å²) in [5.74, 6) is -0.870. The Kier molecular flexibility index (Phi) is 3.47. The van der Waals surface area contributed by atoms with Gasteiger partial charge in [0.1, 0.15) is 5.82 Å². The van der Waals surface area contributed by atoms with Gasteiger partial charge in [-0.2, -0.15) is 13.2 Å². The maximum Gasteiger partial charge on any atom is 0.416 e. The van der Waals surface area contributed by atoms with Gasteiger partial charge in [0, 0.05) is 11.3 Å². The molecule has 6 heteroatoms. The third-order valence-electron chi connectivity index (χ3n) is 2.00. The molecule has 0 aliphatic carbocycles. The van der Waals surface area contributed by atoms with E-state index in [9.17, 15) is 17.6 Å². The summed E-state index contributed by atoms with van der Waals surface area (Å²) < 4.78 is 51.0. The largest absolute Gasteiger partial charge is 0.416 e. The Morgan fingerprint density at radius 1 is 1.40 bits per heavy atom. The van der Waals surface area contributed by atoms with Crippen LogP contribution >= 0.6 is 22.6 Å². The van der Waals surface area contributed by atoms with Gasteiger partial charge in [-0.05, 0) is 35.1 Å². The van der Waals surface area contributed by atoms with Crippen molar-refractivity contribution in [3.63, 3.8) is 0 Å². The van der Waals surface area contributed by atoms with E-state index in [0.717, 1.165) is 6.07 Å². The highest BCUT2D eigenvalue weighted by Gasteiger charge is 2.35. The maximum atomic E-state index is 13.5. The van der Waals surface area contributed by atoms with E-state index in [2.05, 4.69) is 0 Å². The zero-order valence-electron chi connectivity index (χ0n) is 7.75. The lowest BCUT2D eigenvalue weighted by molar-refractivity contribution is -0.138. The quantitative estimate of drug-likeness (QED) is 0.474. The number of nitrogens with two attached hydrogens (primary N) is 1. The Morgan fingerprint density at radius 3 is 2.33 bits per heavy atom. The second-order valence-electron chi connectivity index (χ2n) is 2.97. The summed E-state index contributed by atoms with van der Waals surface area (Å²) >= 11 is 1.60. The van der Waals surface area contributed by atoms with Crippen LogP contribution < -0.4 is 5.73 Å². The van der Waals surface area contributed by atoms with E-state index in [1.165, 1.54) is 6.92 Å². The Bertz CT molecular complexity index is 387. The van der Waals surface area contributed by atoms with Crippen molar-refractivity contribution in [2.24, 2.45) is 0 Å². The van der Waals surface area contributed by atoms with E-state index < -0.39 is 17.6 Å². The molecular formula is C9H8F4IN. The van der Waals surface area contributed by atoms with Crippen LogP contribution in [0.25, 0.3) is 0 Å². The summed E-state index contributed by atoms with van der Waals surface area (Å²) in [5, 5.41) is 0. The van der Waals surface area contributed by atoms with Crippen molar-refractivity contribution >= 4 is 28.3 Å². The highest BCUT2D eigenvalue weighted by Crippen LogP contribution is 2.36. The minimum atomic E-state index is -4.56. The molecule has 84 valence electrons. The monoisotopic (exact) mass is 333 g/mol. The summed E-state index contributed by atoms with van der Waals surface area (Å²) in [4.78, 5) is 0. The standard InChI is InChI=1S/C9H8F4IN/c1-2-4-5(9(11,12)13)3-6(15)8(14)7(4)10/h3H,2,15H2,1H3. The normalized spacial score (nSPS) is 11.9. The molecule has 0 radical (unpaired) electrons. The molecule has 1 aromatic carbocycles. The Hall–Kier alpha value is -0.530. The molecule has 0 spiro atoms. The van der Waals surface area contributed by atoms with Crippen molar-refractivity contribution in [1.29, 1.82) is 0 Å². The van der Waals surface area contributed by atoms with Crippen LogP contribution in [0, 0.1) is 9.39 Å². The van der Waals surface area contributed by atoms with Gasteiger partial charge < -0.3 is 5.73 Å². The van der Waals surface area contributed by atoms with Gasteiger partial charge in [-0.25, -0.2) is 4.39 Å². The first kappa shape index (κ1) is 12.5. The summed E-state index contributed by atoms with van der Waals surface area (Å²) in [6.45, 7) is 1.47. The Labute approximate surface area is 97.8 Å². The molecule has 1 rings (SSSR count). The highest BCUT2D eigenvalue weighted by atomic mass is 127. The smallest absolute Gasteiger partial charge is 0.398 e. The van der Waals surface area contributed by atoms with Crippen LogP contribution in [-0.2, 0) is 12.6 Å². The van der Waals surface area contributed by atoms with Gasteiger partial charge in [-0.15, -0.1) is 0 Å². The molecule has 0 fully saturated rings. The molecule has 2 N–H and O–H groups in total. The maximum absolute atomic E-state index is 13.5. The second-order valence-corrected chi connectivity index (χ2v) is 4.05. The lowest BCUT2D eigenvalue weighted by Gasteiger charge is -2.14. The average molecular weight is 333 g/mol. The number of hydrogen-bond donors (Lipinski definition) is 1. The molecule has 1 aromatic rings. The number of rotatable bonds is 1. The molecule has 0 amide bonds. The molecule has 0 atom stereocenters. The minimum Gasteiger partial charge on any atom is -0.398 e. The molecule has 0 aliphatic heterocycles. The SMILES string of the molecule is CCc1c(C(F)(F)F)cc(N)c(I)c1F. The molecular weight excluding hydrogens is 325 g/mol. The molecule has 0 saturated carbocycles. The van der Waals surface area contributed by atoms with Crippen molar-refractivity contribution in [1.82, 2.24) is 0 Å². The van der Waals surface area contributed by atoms with E-state index in [1.807, 2.05) is 0 Å². The van der Waals surface area contributed by atoms with Gasteiger partial charge in [-0.1, -0.05) is 6.92 Å². The molecule has 1 nitrogen and oxygen atoms in total. The van der Waals surface area contributed by atoms with Gasteiger partial charge in [0.05, 0.1) is 9.13 Å². The van der Waals surface area contributed by atoms with E-state index in [0.29, 0.717) is 0 Å². The summed E-state index contributed by atoms with van der Waals surface area (Å²) in [7, 11) is 0. The zero-order valence-corrected chi connectivity index (χ0v) is 9.91. The van der Waals surface area contributed by atoms with Crippen LogP contribution in [-0.4, -0.2) is 0 Å². The van der Waals surface area contributed by atoms with Crippen molar-refractivity contribution in [2.75, 3.05) is 5.73 Å². The predicted molar refractivity (Wildman–Crippen MR) is 57.9 cm³/mol. The van der Waals surface area contributed by atoms with E-state index in [1.54, 1.807) is 22.6 Å². The second kappa shape index (κ2) is 4.15. The first-order valence-corrected chi connectivity index (χ1v) is 5.20. The topological polar surface area (TPSA) is 26.0 Å².